The van der Waals surface area contributed by atoms with Gasteiger partial charge in [-0.2, -0.15) is 0 Å². The molecule has 0 unspecified atom stereocenters. The SMILES string of the molecule is CCO[C@H](/C=C/C(=O)O)[C@H](OC(=O)Nc1cccc2ccccc12)c1ccccc1OCCO. The molecular weight excluding hydrogens is 438 g/mol. The molecule has 178 valence electrons. The molecule has 0 heterocycles. The monoisotopic (exact) mass is 465 g/mol. The maximum Gasteiger partial charge on any atom is 0.412 e. The number of rotatable bonds is 11. The first kappa shape index (κ1) is 24.8. The Bertz CT molecular complexity index is 1140. The van der Waals surface area contributed by atoms with Gasteiger partial charge in [0.2, 0.25) is 0 Å². The summed E-state index contributed by atoms with van der Waals surface area (Å²) in [6.07, 6.45) is -0.411. The molecule has 34 heavy (non-hydrogen) atoms. The van der Waals surface area contributed by atoms with Crippen molar-refractivity contribution in [1.82, 2.24) is 0 Å². The standard InChI is InChI=1S/C26H27NO7/c1-2-32-23(14-15-24(29)30)25(20-11-5-6-13-22(20)33-17-16-28)34-26(31)27-21-12-7-9-18-8-3-4-10-19(18)21/h3-15,23,25,28H,2,16-17H2,1H3,(H,27,31)(H,29,30)/b15-14+/t23-,25-/m1/s1. The minimum Gasteiger partial charge on any atom is -0.491 e. The number of amides is 1. The van der Waals surface area contributed by atoms with Crippen LogP contribution < -0.4 is 10.1 Å². The summed E-state index contributed by atoms with van der Waals surface area (Å²) >= 11 is 0. The highest BCUT2D eigenvalue weighted by molar-refractivity contribution is 6.00. The van der Waals surface area contributed by atoms with E-state index >= 15 is 0 Å². The largest absolute Gasteiger partial charge is 0.491 e. The van der Waals surface area contributed by atoms with E-state index in [0.717, 1.165) is 16.8 Å². The van der Waals surface area contributed by atoms with Crippen LogP contribution in [0.15, 0.2) is 78.9 Å². The van der Waals surface area contributed by atoms with Gasteiger partial charge in [0.25, 0.3) is 0 Å². The molecule has 0 aliphatic rings. The third-order valence-electron chi connectivity index (χ3n) is 4.92. The lowest BCUT2D eigenvalue weighted by Gasteiger charge is -2.27. The lowest BCUT2D eigenvalue weighted by Crippen LogP contribution is -2.28. The topological polar surface area (TPSA) is 114 Å². The van der Waals surface area contributed by atoms with Crippen molar-refractivity contribution in [3.05, 3.63) is 84.4 Å². The van der Waals surface area contributed by atoms with E-state index in [9.17, 15) is 14.7 Å². The maximum absolute atomic E-state index is 13.0. The Kier molecular flexibility index (Phi) is 9.02. The van der Waals surface area contributed by atoms with Gasteiger partial charge in [-0.3, -0.25) is 5.32 Å². The molecule has 0 radical (unpaired) electrons. The summed E-state index contributed by atoms with van der Waals surface area (Å²) in [5.74, 6) is -0.776. The molecule has 0 saturated heterocycles. The van der Waals surface area contributed by atoms with Crippen molar-refractivity contribution in [1.29, 1.82) is 0 Å². The third kappa shape index (κ3) is 6.57. The fourth-order valence-corrected chi connectivity index (χ4v) is 3.51. The summed E-state index contributed by atoms with van der Waals surface area (Å²) in [5, 5.41) is 22.9. The van der Waals surface area contributed by atoms with E-state index in [0.29, 0.717) is 17.0 Å². The molecule has 0 aromatic heterocycles. The molecule has 3 aromatic rings. The van der Waals surface area contributed by atoms with Gasteiger partial charge in [0.1, 0.15) is 18.5 Å². The molecule has 2 atom stereocenters. The van der Waals surface area contributed by atoms with Crippen LogP contribution in [0.1, 0.15) is 18.6 Å². The van der Waals surface area contributed by atoms with Crippen molar-refractivity contribution >= 4 is 28.5 Å². The number of para-hydroxylation sites is 1. The Morgan fingerprint density at radius 3 is 2.53 bits per heavy atom. The van der Waals surface area contributed by atoms with Crippen LogP contribution in [0.2, 0.25) is 0 Å². The van der Waals surface area contributed by atoms with E-state index in [1.54, 1.807) is 37.3 Å². The van der Waals surface area contributed by atoms with Gasteiger partial charge in [-0.05, 0) is 30.5 Å². The van der Waals surface area contributed by atoms with Crippen LogP contribution in [0, 0.1) is 0 Å². The molecule has 1 amide bonds. The number of aliphatic carboxylic acids is 1. The molecule has 0 saturated carbocycles. The molecule has 0 fully saturated rings. The summed E-state index contributed by atoms with van der Waals surface area (Å²) < 4.78 is 17.1. The smallest absolute Gasteiger partial charge is 0.412 e. The van der Waals surface area contributed by atoms with Gasteiger partial charge >= 0.3 is 12.1 Å². The van der Waals surface area contributed by atoms with E-state index < -0.39 is 24.3 Å². The number of anilines is 1. The second kappa shape index (κ2) is 12.4. The van der Waals surface area contributed by atoms with Crippen LogP contribution in [-0.4, -0.2) is 48.2 Å². The summed E-state index contributed by atoms with van der Waals surface area (Å²) in [6, 6.07) is 20.0. The zero-order valence-electron chi connectivity index (χ0n) is 18.7. The molecule has 0 spiro atoms. The highest BCUT2D eigenvalue weighted by Crippen LogP contribution is 2.33. The number of ether oxygens (including phenoxy) is 3. The average molecular weight is 466 g/mol. The van der Waals surface area contributed by atoms with Crippen molar-refractivity contribution in [2.24, 2.45) is 0 Å². The highest BCUT2D eigenvalue weighted by Gasteiger charge is 2.29. The first-order valence-corrected chi connectivity index (χ1v) is 10.8. The number of hydrogen-bond donors (Lipinski definition) is 3. The maximum atomic E-state index is 13.0. The summed E-state index contributed by atoms with van der Waals surface area (Å²) in [7, 11) is 0. The number of carboxylic acids is 1. The van der Waals surface area contributed by atoms with Gasteiger partial charge in [-0.25, -0.2) is 9.59 Å². The first-order chi connectivity index (χ1) is 16.5. The Morgan fingerprint density at radius 1 is 1.03 bits per heavy atom. The molecule has 8 nitrogen and oxygen atoms in total. The molecule has 3 N–H and O–H groups in total. The number of carbonyl (C=O) groups excluding carboxylic acids is 1. The summed E-state index contributed by atoms with van der Waals surface area (Å²) in [4.78, 5) is 24.2. The van der Waals surface area contributed by atoms with Crippen molar-refractivity contribution < 1.29 is 34.0 Å². The second-order valence-corrected chi connectivity index (χ2v) is 7.20. The molecule has 0 bridgehead atoms. The molecule has 0 aliphatic carbocycles. The second-order valence-electron chi connectivity index (χ2n) is 7.20. The normalized spacial score (nSPS) is 12.9. The van der Waals surface area contributed by atoms with Gasteiger partial charge < -0.3 is 24.4 Å². The highest BCUT2D eigenvalue weighted by atomic mass is 16.6. The molecular formula is C26H27NO7. The van der Waals surface area contributed by atoms with Crippen molar-refractivity contribution in [3.8, 4) is 5.75 Å². The predicted octanol–water partition coefficient (Wildman–Crippen LogP) is 4.55. The molecule has 3 aromatic carbocycles. The number of carbonyl (C=O) groups is 2. The van der Waals surface area contributed by atoms with Crippen LogP contribution in [0.4, 0.5) is 10.5 Å². The molecule has 8 heteroatoms. The van der Waals surface area contributed by atoms with Gasteiger partial charge in [-0.15, -0.1) is 0 Å². The van der Waals surface area contributed by atoms with E-state index in [2.05, 4.69) is 5.32 Å². The zero-order valence-corrected chi connectivity index (χ0v) is 18.7. The van der Waals surface area contributed by atoms with Crippen LogP contribution in [-0.2, 0) is 14.3 Å². The number of benzene rings is 3. The Labute approximate surface area is 197 Å². The van der Waals surface area contributed by atoms with Crippen LogP contribution >= 0.6 is 0 Å². The van der Waals surface area contributed by atoms with E-state index in [4.69, 9.17) is 19.3 Å². The van der Waals surface area contributed by atoms with Crippen LogP contribution in [0.5, 0.6) is 5.75 Å². The van der Waals surface area contributed by atoms with Gasteiger partial charge in [0.05, 0.1) is 12.3 Å². The minimum absolute atomic E-state index is 0.0379. The zero-order chi connectivity index (χ0) is 24.3. The quantitative estimate of drug-likeness (QED) is 0.356. The number of carboxylic acid groups (broad SMARTS) is 1. The summed E-state index contributed by atoms with van der Waals surface area (Å²) in [6.45, 7) is 1.84. The minimum atomic E-state index is -1.16. The van der Waals surface area contributed by atoms with Gasteiger partial charge in [0.15, 0.2) is 6.10 Å². The summed E-state index contributed by atoms with van der Waals surface area (Å²) in [5.41, 5.74) is 1.04. The van der Waals surface area contributed by atoms with Crippen LogP contribution in [0.3, 0.4) is 0 Å². The lowest BCUT2D eigenvalue weighted by molar-refractivity contribution is -0.131. The fraction of sp³-hybridized carbons (Fsp3) is 0.231. The van der Waals surface area contributed by atoms with E-state index in [1.165, 1.54) is 6.08 Å². The number of nitrogens with one attached hydrogen (secondary N) is 1. The fourth-order valence-electron chi connectivity index (χ4n) is 3.51. The number of hydrogen-bond acceptors (Lipinski definition) is 6. The van der Waals surface area contributed by atoms with Crippen molar-refractivity contribution in [2.75, 3.05) is 25.1 Å². The number of aliphatic hydroxyl groups is 1. The van der Waals surface area contributed by atoms with Crippen LogP contribution in [0.25, 0.3) is 10.8 Å². The average Bonchev–Trinajstić information content (AvgIpc) is 2.84. The van der Waals surface area contributed by atoms with Crippen molar-refractivity contribution in [3.63, 3.8) is 0 Å². The Morgan fingerprint density at radius 2 is 1.76 bits per heavy atom. The molecule has 0 aliphatic heterocycles. The predicted molar refractivity (Wildman–Crippen MR) is 128 cm³/mol. The number of fused-ring (bicyclic) bond motifs is 1. The van der Waals surface area contributed by atoms with Gasteiger partial charge in [0, 0.05) is 23.6 Å². The molecule has 3 rings (SSSR count). The van der Waals surface area contributed by atoms with E-state index in [1.807, 2.05) is 36.4 Å². The Balaban J connectivity index is 1.94. The number of aliphatic hydroxyl groups excluding tert-OH is 1. The van der Waals surface area contributed by atoms with Gasteiger partial charge in [-0.1, -0.05) is 54.6 Å². The Hall–Kier alpha value is -3.88. The van der Waals surface area contributed by atoms with E-state index in [-0.39, 0.29) is 19.8 Å². The third-order valence-corrected chi connectivity index (χ3v) is 4.92. The first-order valence-electron chi connectivity index (χ1n) is 10.8. The van der Waals surface area contributed by atoms with Crippen molar-refractivity contribution in [2.45, 2.75) is 19.1 Å². The lowest BCUT2D eigenvalue weighted by atomic mass is 10.0.